The molecule has 1 aliphatic carbocycles. The van der Waals surface area contributed by atoms with Gasteiger partial charge in [-0.25, -0.2) is 27.0 Å². The Hall–Kier alpha value is -5.24. The highest BCUT2D eigenvalue weighted by Gasteiger charge is 2.37. The van der Waals surface area contributed by atoms with Crippen molar-refractivity contribution in [3.8, 4) is 22.4 Å². The van der Waals surface area contributed by atoms with Crippen LogP contribution in [-0.4, -0.2) is 48.5 Å². The van der Waals surface area contributed by atoms with Gasteiger partial charge in [-0.05, 0) is 42.2 Å². The van der Waals surface area contributed by atoms with Crippen LogP contribution in [0.1, 0.15) is 30.9 Å². The Kier molecular flexibility index (Phi) is 6.23. The van der Waals surface area contributed by atoms with Crippen molar-refractivity contribution in [3.63, 3.8) is 0 Å². The number of nitrogens with one attached hydrogen (secondary N) is 1. The van der Waals surface area contributed by atoms with Crippen molar-refractivity contribution in [3.05, 3.63) is 89.0 Å². The summed E-state index contributed by atoms with van der Waals surface area (Å²) in [6.45, 7) is 0.143. The third-order valence-electron chi connectivity index (χ3n) is 8.96. The largest absolute Gasteiger partial charge is 0.446 e. The molecule has 0 spiro atoms. The van der Waals surface area contributed by atoms with E-state index in [1.807, 2.05) is 6.07 Å². The number of carbonyl (C=O) groups is 1. The summed E-state index contributed by atoms with van der Waals surface area (Å²) < 4.78 is 56.3. The first-order valence-corrected chi connectivity index (χ1v) is 16.3. The third kappa shape index (κ3) is 4.12. The molecule has 2 aromatic carbocycles. The number of aryl methyl sites for hydroxylation is 2. The minimum atomic E-state index is -4.39. The molecule has 2 aliphatic rings. The topological polar surface area (TPSA) is 135 Å². The highest BCUT2D eigenvalue weighted by molar-refractivity contribution is 7.90. The Labute approximate surface area is 261 Å². The van der Waals surface area contributed by atoms with E-state index in [1.165, 1.54) is 33.8 Å². The molecule has 0 saturated heterocycles. The number of hydrogen-bond donors (Lipinski definition) is 1. The first kappa shape index (κ1) is 28.2. The van der Waals surface area contributed by atoms with Gasteiger partial charge in [0.2, 0.25) is 5.95 Å². The maximum absolute atomic E-state index is 15.8. The van der Waals surface area contributed by atoms with Crippen LogP contribution in [0.15, 0.2) is 76.7 Å². The number of halogens is 1. The van der Waals surface area contributed by atoms with Gasteiger partial charge in [0.25, 0.3) is 10.0 Å². The summed E-state index contributed by atoms with van der Waals surface area (Å²) in [5.41, 5.74) is 2.25. The smallest absolute Gasteiger partial charge is 0.407 e. The van der Waals surface area contributed by atoms with Crippen molar-refractivity contribution in [1.82, 2.24) is 33.2 Å². The van der Waals surface area contributed by atoms with E-state index in [1.54, 1.807) is 55.1 Å². The Morgan fingerprint density at radius 2 is 1.85 bits per heavy atom. The standard InChI is InChI=1S/C32H28FN7O5S/c1-37-17-23(29(33)36-37)27-25-19-8-6-7-18(13-19)15-35-31(41)45-21-12-11-20(14-21)39-28-24(38(2)32(39)42)16-34-30(26(25)28)40(27)46(43,44)22-9-4-3-5-10-22/h3-10,13,16-17,20-21H,11-12,14-15H2,1-2H3,(H,35,41)/t20-,21-/m1/s1. The van der Waals surface area contributed by atoms with Crippen molar-refractivity contribution in [2.75, 3.05) is 0 Å². The molecule has 1 aliphatic heterocycles. The van der Waals surface area contributed by atoms with Crippen molar-refractivity contribution >= 4 is 38.2 Å². The SMILES string of the molecule is Cn1cc(-c2c3c4c(ncc5c4n(c(=O)n5C)[C@@H]4CC[C@H](C4)OC(=O)NCc4cccc-3c4)n2S(=O)(=O)c2ccccc2)c(F)n1. The highest BCUT2D eigenvalue weighted by atomic mass is 32.2. The molecule has 0 radical (unpaired) electrons. The molecule has 1 saturated carbocycles. The molecule has 46 heavy (non-hydrogen) atoms. The molecule has 1 N–H and O–H groups in total. The maximum Gasteiger partial charge on any atom is 0.407 e. The van der Waals surface area contributed by atoms with Crippen LogP contribution in [-0.2, 0) is 35.4 Å². The molecule has 6 aromatic rings. The summed E-state index contributed by atoms with van der Waals surface area (Å²) in [7, 11) is -1.20. The molecule has 234 valence electrons. The fourth-order valence-corrected chi connectivity index (χ4v) is 8.43. The number of alkyl carbamates (subject to hydrolysis) is 1. The van der Waals surface area contributed by atoms with E-state index >= 15 is 4.39 Å². The molecule has 1 amide bonds. The van der Waals surface area contributed by atoms with Gasteiger partial charge in [0.05, 0.1) is 38.8 Å². The minimum Gasteiger partial charge on any atom is -0.446 e. The Morgan fingerprint density at radius 1 is 1.04 bits per heavy atom. The van der Waals surface area contributed by atoms with Crippen LogP contribution in [0, 0.1) is 5.95 Å². The van der Waals surface area contributed by atoms with Gasteiger partial charge < -0.3 is 10.1 Å². The molecule has 4 aromatic heterocycles. The second kappa shape index (κ2) is 10.1. The molecule has 14 heteroatoms. The number of fused-ring (bicyclic) bond motifs is 6. The number of hydrogen-bond acceptors (Lipinski definition) is 7. The van der Waals surface area contributed by atoms with Gasteiger partial charge >= 0.3 is 11.8 Å². The summed E-state index contributed by atoms with van der Waals surface area (Å²) in [4.78, 5) is 31.4. The van der Waals surface area contributed by atoms with Gasteiger partial charge in [0, 0.05) is 44.9 Å². The number of benzene rings is 2. The van der Waals surface area contributed by atoms with Crippen molar-refractivity contribution in [2.45, 2.75) is 42.8 Å². The summed E-state index contributed by atoms with van der Waals surface area (Å²) >= 11 is 0. The van der Waals surface area contributed by atoms with Crippen LogP contribution >= 0.6 is 0 Å². The van der Waals surface area contributed by atoms with Crippen LogP contribution in [0.5, 0.6) is 0 Å². The Morgan fingerprint density at radius 3 is 2.61 bits per heavy atom. The van der Waals surface area contributed by atoms with Gasteiger partial charge in [0.1, 0.15) is 6.10 Å². The normalized spacial score (nSPS) is 18.2. The highest BCUT2D eigenvalue weighted by Crippen LogP contribution is 2.46. The number of imidazole rings is 1. The van der Waals surface area contributed by atoms with Crippen LogP contribution in [0.4, 0.5) is 9.18 Å². The zero-order valence-electron chi connectivity index (χ0n) is 24.8. The summed E-state index contributed by atoms with van der Waals surface area (Å²) in [6.07, 6.45) is 3.42. The number of pyridine rings is 1. The molecule has 12 nitrogen and oxygen atoms in total. The van der Waals surface area contributed by atoms with Crippen LogP contribution in [0.25, 0.3) is 44.5 Å². The number of nitrogens with zero attached hydrogens (tertiary/aromatic N) is 6. The van der Waals surface area contributed by atoms with E-state index in [0.29, 0.717) is 52.4 Å². The fourth-order valence-electron chi connectivity index (χ4n) is 6.92. The minimum absolute atomic E-state index is 0.0190. The van der Waals surface area contributed by atoms with Gasteiger partial charge in [0.15, 0.2) is 5.65 Å². The van der Waals surface area contributed by atoms with Crippen LogP contribution < -0.4 is 11.0 Å². The average Bonchev–Trinajstić information content (AvgIpc) is 3.79. The zero-order valence-corrected chi connectivity index (χ0v) is 25.7. The second-order valence-corrected chi connectivity index (χ2v) is 13.6. The molecule has 0 unspecified atom stereocenters. The number of amides is 1. The number of carbonyl (C=O) groups excluding carboxylic acids is 1. The lowest BCUT2D eigenvalue weighted by Gasteiger charge is -2.16. The quantitative estimate of drug-likeness (QED) is 0.301. The molecular weight excluding hydrogens is 613 g/mol. The van der Waals surface area contributed by atoms with Gasteiger partial charge in [-0.2, -0.15) is 4.39 Å². The van der Waals surface area contributed by atoms with Crippen LogP contribution in [0.3, 0.4) is 0 Å². The van der Waals surface area contributed by atoms with E-state index in [-0.39, 0.29) is 40.1 Å². The number of rotatable bonds is 3. The lowest BCUT2D eigenvalue weighted by atomic mass is 9.97. The summed E-state index contributed by atoms with van der Waals surface area (Å²) in [5, 5.41) is 7.10. The Balaban J connectivity index is 1.62. The van der Waals surface area contributed by atoms with Gasteiger partial charge in [-0.15, -0.1) is 5.10 Å². The lowest BCUT2D eigenvalue weighted by Crippen LogP contribution is -2.29. The molecule has 1 fully saturated rings. The molecular formula is C32H28FN7O5S. The Bertz CT molecular complexity index is 2390. The van der Waals surface area contributed by atoms with Crippen molar-refractivity contribution in [1.29, 1.82) is 0 Å². The van der Waals surface area contributed by atoms with Crippen LogP contribution in [0.2, 0.25) is 0 Å². The van der Waals surface area contributed by atoms with E-state index in [9.17, 15) is 18.0 Å². The van der Waals surface area contributed by atoms with Gasteiger partial charge in [-0.1, -0.05) is 36.4 Å². The maximum atomic E-state index is 15.8. The monoisotopic (exact) mass is 641 g/mol. The predicted octanol–water partition coefficient (Wildman–Crippen LogP) is 4.47. The predicted molar refractivity (Wildman–Crippen MR) is 167 cm³/mol. The zero-order chi connectivity index (χ0) is 31.9. The first-order valence-electron chi connectivity index (χ1n) is 14.8. The average molecular weight is 642 g/mol. The molecule has 2 atom stereocenters. The van der Waals surface area contributed by atoms with E-state index in [2.05, 4.69) is 15.4 Å². The number of aromatic nitrogens is 6. The van der Waals surface area contributed by atoms with Crippen molar-refractivity contribution in [2.24, 2.45) is 14.1 Å². The van der Waals surface area contributed by atoms with Crippen molar-refractivity contribution < 1.29 is 22.3 Å². The van der Waals surface area contributed by atoms with E-state index in [4.69, 9.17) is 4.74 Å². The fraction of sp³-hybridized carbons (Fsp3) is 0.250. The summed E-state index contributed by atoms with van der Waals surface area (Å²) in [6, 6.07) is 14.7. The first-order chi connectivity index (χ1) is 22.1. The van der Waals surface area contributed by atoms with E-state index in [0.717, 1.165) is 3.97 Å². The third-order valence-corrected chi connectivity index (χ3v) is 10.7. The second-order valence-electron chi connectivity index (χ2n) is 11.8. The molecule has 4 bridgehead atoms. The molecule has 5 heterocycles. The lowest BCUT2D eigenvalue weighted by molar-refractivity contribution is 0.0985. The van der Waals surface area contributed by atoms with E-state index < -0.39 is 28.2 Å². The summed E-state index contributed by atoms with van der Waals surface area (Å²) in [5.74, 6) is -0.869. The van der Waals surface area contributed by atoms with Gasteiger partial charge in [-0.3, -0.25) is 13.8 Å². The molecule has 8 rings (SSSR count). The number of ether oxygens (including phenoxy) is 1.